The summed E-state index contributed by atoms with van der Waals surface area (Å²) in [6.45, 7) is 3.58. The van der Waals surface area contributed by atoms with E-state index in [0.717, 1.165) is 16.7 Å². The Balaban J connectivity index is 1.43. The number of anilines is 1. The number of methoxy groups -OCH3 is 1. The highest BCUT2D eigenvalue weighted by molar-refractivity contribution is 7.07. The number of aromatic carboxylic acids is 1. The van der Waals surface area contributed by atoms with E-state index in [0.29, 0.717) is 43.6 Å². The van der Waals surface area contributed by atoms with Crippen LogP contribution in [-0.4, -0.2) is 28.7 Å². The summed E-state index contributed by atoms with van der Waals surface area (Å²) in [5, 5.41) is 12.2. The number of nitrogens with one attached hydrogen (secondary N) is 1. The predicted octanol–water partition coefficient (Wildman–Crippen LogP) is 5.15. The van der Waals surface area contributed by atoms with Crippen molar-refractivity contribution in [2.24, 2.45) is 4.99 Å². The van der Waals surface area contributed by atoms with E-state index >= 15 is 0 Å². The number of para-hydroxylation sites is 1. The fourth-order valence-electron chi connectivity index (χ4n) is 5.21. The summed E-state index contributed by atoms with van der Waals surface area (Å²) in [5.74, 6) is 0.293. The number of hydrogen-bond acceptors (Lipinski definition) is 7. The maximum atomic E-state index is 14.0. The number of ether oxygens (including phenoxy) is 1. The van der Waals surface area contributed by atoms with E-state index in [-0.39, 0.29) is 17.0 Å². The molecule has 2 aromatic heterocycles. The predicted molar refractivity (Wildman–Crippen MR) is 168 cm³/mol. The van der Waals surface area contributed by atoms with Crippen LogP contribution in [0, 0.1) is 6.92 Å². The van der Waals surface area contributed by atoms with Crippen LogP contribution >= 0.6 is 11.3 Å². The normalized spacial score (nSPS) is 14.6. The highest BCUT2D eigenvalue weighted by atomic mass is 32.1. The van der Waals surface area contributed by atoms with Crippen LogP contribution in [0.2, 0.25) is 0 Å². The van der Waals surface area contributed by atoms with Crippen molar-refractivity contribution in [3.8, 4) is 17.1 Å². The summed E-state index contributed by atoms with van der Waals surface area (Å²) in [6.07, 6.45) is 1.66. The van der Waals surface area contributed by atoms with Crippen molar-refractivity contribution >= 4 is 35.0 Å². The van der Waals surface area contributed by atoms with Crippen LogP contribution in [0.3, 0.4) is 0 Å². The first-order valence-electron chi connectivity index (χ1n) is 13.7. The second kappa shape index (κ2) is 11.7. The van der Waals surface area contributed by atoms with Crippen LogP contribution in [0.4, 0.5) is 5.69 Å². The molecule has 10 heteroatoms. The molecule has 0 saturated carbocycles. The smallest absolute Gasteiger partial charge is 0.335 e. The summed E-state index contributed by atoms with van der Waals surface area (Å²) in [7, 11) is 1.58. The number of amides is 1. The number of carbonyl (C=O) groups excluding carboxylic acids is 1. The van der Waals surface area contributed by atoms with Crippen LogP contribution in [0.25, 0.3) is 17.4 Å². The average molecular weight is 606 g/mol. The summed E-state index contributed by atoms with van der Waals surface area (Å²) in [4.78, 5) is 44.2. The molecule has 0 aliphatic carbocycles. The topological polar surface area (TPSA) is 123 Å². The molecule has 5 aromatic rings. The van der Waals surface area contributed by atoms with Gasteiger partial charge in [0, 0.05) is 17.3 Å². The van der Waals surface area contributed by atoms with E-state index in [2.05, 4.69) is 10.3 Å². The monoisotopic (exact) mass is 605 g/mol. The molecule has 0 fully saturated rings. The molecule has 3 heterocycles. The molecule has 1 amide bonds. The molecule has 6 rings (SSSR count). The van der Waals surface area contributed by atoms with Gasteiger partial charge in [0.1, 0.15) is 17.3 Å². The number of aromatic nitrogens is 1. The fraction of sp³-hybridized carbons (Fsp3) is 0.118. The quantitative estimate of drug-likeness (QED) is 0.265. The number of fused-ring (bicyclic) bond motifs is 1. The van der Waals surface area contributed by atoms with Gasteiger partial charge in [-0.15, -0.1) is 0 Å². The summed E-state index contributed by atoms with van der Waals surface area (Å²) in [5.41, 5.74) is 3.61. The first kappa shape index (κ1) is 28.6. The molecule has 0 spiro atoms. The molecule has 0 bridgehead atoms. The molecular weight excluding hydrogens is 578 g/mol. The first-order chi connectivity index (χ1) is 21.2. The number of carbonyl (C=O) groups is 2. The number of thiazole rings is 1. The average Bonchev–Trinajstić information content (AvgIpc) is 3.60. The maximum Gasteiger partial charge on any atom is 0.335 e. The minimum Gasteiger partial charge on any atom is -0.497 e. The van der Waals surface area contributed by atoms with Crippen molar-refractivity contribution in [1.82, 2.24) is 4.57 Å². The van der Waals surface area contributed by atoms with Crippen molar-refractivity contribution in [2.75, 3.05) is 12.4 Å². The number of benzene rings is 3. The van der Waals surface area contributed by atoms with Crippen molar-refractivity contribution in [3.05, 3.63) is 138 Å². The van der Waals surface area contributed by atoms with Crippen molar-refractivity contribution in [1.29, 1.82) is 0 Å². The third-order valence-corrected chi connectivity index (χ3v) is 8.35. The highest BCUT2D eigenvalue weighted by Crippen LogP contribution is 2.32. The van der Waals surface area contributed by atoms with Gasteiger partial charge in [-0.3, -0.25) is 14.2 Å². The Morgan fingerprint density at radius 2 is 1.77 bits per heavy atom. The number of aryl methyl sites for hydroxylation is 1. The van der Waals surface area contributed by atoms with Crippen LogP contribution < -0.4 is 24.9 Å². The van der Waals surface area contributed by atoms with Crippen LogP contribution in [0.1, 0.15) is 40.2 Å². The number of allylic oxidation sites excluding steroid dienone is 1. The molecule has 3 aromatic carbocycles. The fourth-order valence-corrected chi connectivity index (χ4v) is 6.24. The molecule has 220 valence electrons. The standard InChI is InChI=1S/C34H27N3O6S/c1-19-17-22(33(40)41)11-15-26(19)27-16-14-25(43-27)18-28-32(39)37-30(21-9-12-24(42-3)13-10-21)29(20(2)35-34(37)44-28)31(38)36-23-7-5-4-6-8-23/h4-18,30H,1-3H3,(H,36,38)(H,40,41)/b28-18+/t30-/m0/s1. The molecule has 0 radical (unpaired) electrons. The van der Waals surface area contributed by atoms with Gasteiger partial charge < -0.3 is 19.6 Å². The molecule has 1 atom stereocenters. The summed E-state index contributed by atoms with van der Waals surface area (Å²) < 4.78 is 13.3. The van der Waals surface area contributed by atoms with E-state index in [1.165, 1.54) is 17.4 Å². The first-order valence-corrected chi connectivity index (χ1v) is 14.5. The lowest BCUT2D eigenvalue weighted by atomic mass is 9.95. The molecule has 1 aliphatic heterocycles. The lowest BCUT2D eigenvalue weighted by Gasteiger charge is -2.25. The van der Waals surface area contributed by atoms with Gasteiger partial charge in [-0.05, 0) is 73.5 Å². The van der Waals surface area contributed by atoms with Crippen LogP contribution in [0.5, 0.6) is 5.75 Å². The van der Waals surface area contributed by atoms with Crippen LogP contribution in [-0.2, 0) is 4.79 Å². The van der Waals surface area contributed by atoms with Gasteiger partial charge in [-0.2, -0.15) is 0 Å². The van der Waals surface area contributed by atoms with Crippen molar-refractivity contribution in [2.45, 2.75) is 19.9 Å². The van der Waals surface area contributed by atoms with Crippen molar-refractivity contribution in [3.63, 3.8) is 0 Å². The minimum absolute atomic E-state index is 0.192. The molecular formula is C34H27N3O6S. The Morgan fingerprint density at radius 3 is 2.45 bits per heavy atom. The molecule has 9 nitrogen and oxygen atoms in total. The van der Waals surface area contributed by atoms with E-state index < -0.39 is 12.0 Å². The Morgan fingerprint density at radius 1 is 1.02 bits per heavy atom. The lowest BCUT2D eigenvalue weighted by molar-refractivity contribution is -0.113. The van der Waals surface area contributed by atoms with Gasteiger partial charge in [0.15, 0.2) is 4.80 Å². The maximum absolute atomic E-state index is 14.0. The Kier molecular flexibility index (Phi) is 7.59. The summed E-state index contributed by atoms with van der Waals surface area (Å²) >= 11 is 1.21. The third kappa shape index (κ3) is 5.38. The zero-order valence-corrected chi connectivity index (χ0v) is 24.8. The van der Waals surface area contributed by atoms with E-state index in [9.17, 15) is 19.5 Å². The van der Waals surface area contributed by atoms with E-state index in [1.807, 2.05) is 37.3 Å². The van der Waals surface area contributed by atoms with Gasteiger partial charge in [0.05, 0.1) is 34.5 Å². The Labute approximate surface area is 255 Å². The van der Waals surface area contributed by atoms with Gasteiger partial charge in [0.25, 0.3) is 11.5 Å². The van der Waals surface area contributed by atoms with Crippen LogP contribution in [0.15, 0.2) is 110 Å². The number of hydrogen-bond donors (Lipinski definition) is 2. The largest absolute Gasteiger partial charge is 0.497 e. The third-order valence-electron chi connectivity index (χ3n) is 7.37. The van der Waals surface area contributed by atoms with Gasteiger partial charge in [-0.25, -0.2) is 9.79 Å². The lowest BCUT2D eigenvalue weighted by Crippen LogP contribution is -2.40. The number of nitrogens with zero attached hydrogens (tertiary/aromatic N) is 2. The zero-order chi connectivity index (χ0) is 31.0. The van der Waals surface area contributed by atoms with E-state index in [4.69, 9.17) is 9.15 Å². The number of furan rings is 1. The molecule has 0 unspecified atom stereocenters. The van der Waals surface area contributed by atoms with E-state index in [1.54, 1.807) is 73.2 Å². The molecule has 44 heavy (non-hydrogen) atoms. The number of carboxylic acids is 1. The SMILES string of the molecule is COc1ccc([C@H]2C(C(=O)Nc3ccccc3)=C(C)N=c3s/c(=C/c4ccc(-c5ccc(C(=O)O)cc5C)o4)c(=O)n32)cc1. The zero-order valence-electron chi connectivity index (χ0n) is 24.0. The molecule has 1 aliphatic rings. The number of carboxylic acid groups (broad SMARTS) is 1. The second-order valence-corrected chi connectivity index (χ2v) is 11.2. The Bertz CT molecular complexity index is 2120. The molecule has 0 saturated heterocycles. The highest BCUT2D eigenvalue weighted by Gasteiger charge is 2.32. The van der Waals surface area contributed by atoms with Gasteiger partial charge >= 0.3 is 5.97 Å². The van der Waals surface area contributed by atoms with Crippen molar-refractivity contribution < 1.29 is 23.8 Å². The second-order valence-electron chi connectivity index (χ2n) is 10.2. The number of rotatable bonds is 7. The minimum atomic E-state index is -1.00. The van der Waals surface area contributed by atoms with Gasteiger partial charge in [0.2, 0.25) is 0 Å². The molecule has 2 N–H and O–H groups in total. The Hall–Kier alpha value is -5.48. The van der Waals surface area contributed by atoms with Gasteiger partial charge in [-0.1, -0.05) is 47.7 Å². The summed E-state index contributed by atoms with van der Waals surface area (Å²) in [6, 6.07) is 24.0.